The Morgan fingerprint density at radius 2 is 1.78 bits per heavy atom. The van der Waals surface area contributed by atoms with Gasteiger partial charge in [0, 0.05) is 15.8 Å². The van der Waals surface area contributed by atoms with Crippen LogP contribution in [0.4, 0.5) is 11.4 Å². The number of amides is 1. The molecule has 0 unspecified atom stereocenters. The Hall–Kier alpha value is -2.01. The molecule has 5 heteroatoms. The van der Waals surface area contributed by atoms with E-state index in [0.29, 0.717) is 0 Å². The van der Waals surface area contributed by atoms with Gasteiger partial charge < -0.3 is 15.4 Å². The van der Waals surface area contributed by atoms with E-state index in [1.807, 2.05) is 63.2 Å². The summed E-state index contributed by atoms with van der Waals surface area (Å²) in [4.78, 5) is 12.0. The Bertz CT molecular complexity index is 669. The Labute approximate surface area is 145 Å². The van der Waals surface area contributed by atoms with Crippen LogP contribution in [0.2, 0.25) is 0 Å². The smallest absolute Gasteiger partial charge is 0.243 e. The highest BCUT2D eigenvalue weighted by Gasteiger charge is 2.04. The SMILES string of the molecule is Cc1cc(NC(=O)CNc2ccc(OC(C)C)cc2)ccc1Br. The van der Waals surface area contributed by atoms with Gasteiger partial charge in [-0.15, -0.1) is 0 Å². The van der Waals surface area contributed by atoms with Crippen LogP contribution in [0.15, 0.2) is 46.9 Å². The monoisotopic (exact) mass is 376 g/mol. The van der Waals surface area contributed by atoms with Crippen molar-refractivity contribution in [3.63, 3.8) is 0 Å². The van der Waals surface area contributed by atoms with Gasteiger partial charge in [0.05, 0.1) is 12.6 Å². The van der Waals surface area contributed by atoms with Gasteiger partial charge in [-0.25, -0.2) is 0 Å². The lowest BCUT2D eigenvalue weighted by molar-refractivity contribution is -0.114. The predicted molar refractivity (Wildman–Crippen MR) is 98.2 cm³/mol. The number of carbonyl (C=O) groups is 1. The quantitative estimate of drug-likeness (QED) is 0.774. The largest absolute Gasteiger partial charge is 0.491 e. The highest BCUT2D eigenvalue weighted by Crippen LogP contribution is 2.20. The molecule has 0 bridgehead atoms. The van der Waals surface area contributed by atoms with Crippen LogP contribution in [0.1, 0.15) is 19.4 Å². The number of nitrogens with one attached hydrogen (secondary N) is 2. The molecule has 0 aliphatic carbocycles. The molecule has 2 aromatic rings. The van der Waals surface area contributed by atoms with Gasteiger partial charge in [0.1, 0.15) is 5.75 Å². The van der Waals surface area contributed by atoms with Crippen LogP contribution in [0.3, 0.4) is 0 Å². The number of rotatable bonds is 6. The number of hydrogen-bond acceptors (Lipinski definition) is 3. The fraction of sp³-hybridized carbons (Fsp3) is 0.278. The third kappa shape index (κ3) is 5.60. The third-order valence-corrected chi connectivity index (χ3v) is 4.01. The number of benzene rings is 2. The van der Waals surface area contributed by atoms with E-state index in [2.05, 4.69) is 26.6 Å². The molecule has 0 fully saturated rings. The molecule has 0 saturated carbocycles. The normalized spacial score (nSPS) is 10.5. The minimum absolute atomic E-state index is 0.0887. The Morgan fingerprint density at radius 1 is 1.13 bits per heavy atom. The van der Waals surface area contributed by atoms with Crippen molar-refractivity contribution in [2.75, 3.05) is 17.2 Å². The zero-order valence-corrected chi connectivity index (χ0v) is 15.1. The molecule has 1 amide bonds. The number of halogens is 1. The molecule has 2 rings (SSSR count). The minimum atomic E-state index is -0.0887. The number of ether oxygens (including phenoxy) is 1. The molecule has 122 valence electrons. The fourth-order valence-electron chi connectivity index (χ4n) is 2.03. The molecule has 0 spiro atoms. The summed E-state index contributed by atoms with van der Waals surface area (Å²) in [6.45, 7) is 6.17. The molecule has 0 aliphatic rings. The predicted octanol–water partition coefficient (Wildman–Crippen LogP) is 4.60. The van der Waals surface area contributed by atoms with Crippen LogP contribution in [0.5, 0.6) is 5.75 Å². The van der Waals surface area contributed by atoms with E-state index in [0.717, 1.165) is 27.2 Å². The van der Waals surface area contributed by atoms with Crippen molar-refractivity contribution < 1.29 is 9.53 Å². The first kappa shape index (κ1) is 17.3. The van der Waals surface area contributed by atoms with Gasteiger partial charge >= 0.3 is 0 Å². The minimum Gasteiger partial charge on any atom is -0.491 e. The van der Waals surface area contributed by atoms with Gasteiger partial charge in [0.25, 0.3) is 0 Å². The molecule has 2 N–H and O–H groups in total. The van der Waals surface area contributed by atoms with Crippen molar-refractivity contribution in [2.24, 2.45) is 0 Å². The molecular weight excluding hydrogens is 356 g/mol. The van der Waals surface area contributed by atoms with Gasteiger partial charge in [0.15, 0.2) is 0 Å². The molecular formula is C18H21BrN2O2. The highest BCUT2D eigenvalue weighted by molar-refractivity contribution is 9.10. The average Bonchev–Trinajstić information content (AvgIpc) is 2.50. The maximum absolute atomic E-state index is 12.0. The lowest BCUT2D eigenvalue weighted by atomic mass is 10.2. The van der Waals surface area contributed by atoms with Crippen LogP contribution in [-0.4, -0.2) is 18.6 Å². The van der Waals surface area contributed by atoms with Gasteiger partial charge in [-0.3, -0.25) is 4.79 Å². The summed E-state index contributed by atoms with van der Waals surface area (Å²) < 4.78 is 6.61. The van der Waals surface area contributed by atoms with Crippen LogP contribution >= 0.6 is 15.9 Å². The van der Waals surface area contributed by atoms with E-state index < -0.39 is 0 Å². The Morgan fingerprint density at radius 3 is 2.39 bits per heavy atom. The van der Waals surface area contributed by atoms with Crippen molar-refractivity contribution in [3.05, 3.63) is 52.5 Å². The zero-order valence-electron chi connectivity index (χ0n) is 13.5. The summed E-state index contributed by atoms with van der Waals surface area (Å²) in [5, 5.41) is 5.97. The molecule has 0 saturated heterocycles. The zero-order chi connectivity index (χ0) is 16.8. The summed E-state index contributed by atoms with van der Waals surface area (Å²) in [5.74, 6) is 0.731. The maximum Gasteiger partial charge on any atom is 0.243 e. The second-order valence-electron chi connectivity index (χ2n) is 5.56. The fourth-order valence-corrected chi connectivity index (χ4v) is 2.28. The van der Waals surface area contributed by atoms with Crippen LogP contribution < -0.4 is 15.4 Å². The van der Waals surface area contributed by atoms with Crippen molar-refractivity contribution in [3.8, 4) is 5.75 Å². The van der Waals surface area contributed by atoms with E-state index in [9.17, 15) is 4.79 Å². The van der Waals surface area contributed by atoms with Crippen molar-refractivity contribution in [1.29, 1.82) is 0 Å². The van der Waals surface area contributed by atoms with Gasteiger partial charge in [-0.05, 0) is 68.8 Å². The molecule has 0 aromatic heterocycles. The van der Waals surface area contributed by atoms with E-state index in [1.54, 1.807) is 0 Å². The van der Waals surface area contributed by atoms with Crippen LogP contribution in [0, 0.1) is 6.92 Å². The van der Waals surface area contributed by atoms with Crippen molar-refractivity contribution in [1.82, 2.24) is 0 Å². The lowest BCUT2D eigenvalue weighted by Crippen LogP contribution is -2.21. The number of hydrogen-bond donors (Lipinski definition) is 2. The first-order chi connectivity index (χ1) is 10.9. The van der Waals surface area contributed by atoms with Gasteiger partial charge in [-0.1, -0.05) is 15.9 Å². The van der Waals surface area contributed by atoms with Gasteiger partial charge in [-0.2, -0.15) is 0 Å². The van der Waals surface area contributed by atoms with Crippen LogP contribution in [0.25, 0.3) is 0 Å². The molecule has 23 heavy (non-hydrogen) atoms. The standard InChI is InChI=1S/C18H21BrN2O2/c1-12(2)23-16-7-4-14(5-8-16)20-11-18(22)21-15-6-9-17(19)13(3)10-15/h4-10,12,20H,11H2,1-3H3,(H,21,22). The number of anilines is 2. The second kappa shape index (κ2) is 8.02. The highest BCUT2D eigenvalue weighted by atomic mass is 79.9. The van der Waals surface area contributed by atoms with E-state index in [1.165, 1.54) is 0 Å². The molecule has 0 atom stereocenters. The molecule has 0 heterocycles. The van der Waals surface area contributed by atoms with Crippen molar-refractivity contribution >= 4 is 33.2 Å². The maximum atomic E-state index is 12.0. The second-order valence-corrected chi connectivity index (χ2v) is 6.41. The van der Waals surface area contributed by atoms with Crippen molar-refractivity contribution in [2.45, 2.75) is 26.9 Å². The summed E-state index contributed by atoms with van der Waals surface area (Å²) in [6, 6.07) is 13.3. The summed E-state index contributed by atoms with van der Waals surface area (Å²) >= 11 is 3.44. The van der Waals surface area contributed by atoms with Gasteiger partial charge in [0.2, 0.25) is 5.91 Å². The summed E-state index contributed by atoms with van der Waals surface area (Å²) in [5.41, 5.74) is 2.75. The van der Waals surface area contributed by atoms with E-state index >= 15 is 0 Å². The topological polar surface area (TPSA) is 50.4 Å². The number of aryl methyl sites for hydroxylation is 1. The summed E-state index contributed by atoms with van der Waals surface area (Å²) in [6.07, 6.45) is 0.147. The first-order valence-corrected chi connectivity index (χ1v) is 8.30. The number of carbonyl (C=O) groups excluding carboxylic acids is 1. The molecule has 4 nitrogen and oxygen atoms in total. The molecule has 2 aromatic carbocycles. The third-order valence-electron chi connectivity index (χ3n) is 3.12. The van der Waals surface area contributed by atoms with E-state index in [-0.39, 0.29) is 18.6 Å². The Balaban J connectivity index is 1.85. The molecule has 0 radical (unpaired) electrons. The average molecular weight is 377 g/mol. The molecule has 0 aliphatic heterocycles. The lowest BCUT2D eigenvalue weighted by Gasteiger charge is -2.11. The van der Waals surface area contributed by atoms with Crippen LogP contribution in [-0.2, 0) is 4.79 Å². The first-order valence-electron chi connectivity index (χ1n) is 7.50. The summed E-state index contributed by atoms with van der Waals surface area (Å²) in [7, 11) is 0. The Kier molecular flexibility index (Phi) is 6.04. The van der Waals surface area contributed by atoms with E-state index in [4.69, 9.17) is 4.74 Å².